The molecule has 1 fully saturated rings. The van der Waals surface area contributed by atoms with Gasteiger partial charge in [0.2, 0.25) is 0 Å². The van der Waals surface area contributed by atoms with Crippen LogP contribution in [0.1, 0.15) is 51.5 Å². The Morgan fingerprint density at radius 2 is 1.95 bits per heavy atom. The van der Waals surface area contributed by atoms with E-state index in [0.717, 1.165) is 23.8 Å². The summed E-state index contributed by atoms with van der Waals surface area (Å²) in [4.78, 5) is 2.44. The fourth-order valence-electron chi connectivity index (χ4n) is 3.29. The summed E-state index contributed by atoms with van der Waals surface area (Å²) in [6, 6.07) is 7.10. The third-order valence-corrected chi connectivity index (χ3v) is 5.20. The van der Waals surface area contributed by atoms with Crippen molar-refractivity contribution in [3.8, 4) is 0 Å². The molecular formula is C18H29ClN2. The summed E-state index contributed by atoms with van der Waals surface area (Å²) in [5.74, 6) is 0.877. The Labute approximate surface area is 134 Å². The van der Waals surface area contributed by atoms with Gasteiger partial charge in [0, 0.05) is 29.8 Å². The molecule has 2 rings (SSSR count). The van der Waals surface area contributed by atoms with Crippen molar-refractivity contribution in [1.29, 1.82) is 0 Å². The van der Waals surface area contributed by atoms with Crippen molar-refractivity contribution in [2.24, 2.45) is 11.7 Å². The lowest BCUT2D eigenvalue weighted by Crippen LogP contribution is -2.36. The van der Waals surface area contributed by atoms with E-state index < -0.39 is 0 Å². The molecule has 0 amide bonds. The van der Waals surface area contributed by atoms with Gasteiger partial charge in [0.05, 0.1) is 0 Å². The van der Waals surface area contributed by atoms with Gasteiger partial charge < -0.3 is 10.6 Å². The molecule has 0 spiro atoms. The minimum Gasteiger partial charge on any atom is -0.371 e. The van der Waals surface area contributed by atoms with Crippen LogP contribution in [0.5, 0.6) is 0 Å². The van der Waals surface area contributed by atoms with Gasteiger partial charge in [-0.05, 0) is 62.1 Å². The molecule has 2 N–H and O–H groups in total. The highest BCUT2D eigenvalue weighted by molar-refractivity contribution is 6.30. The number of hydrogen-bond donors (Lipinski definition) is 1. The van der Waals surface area contributed by atoms with Crippen molar-refractivity contribution in [2.45, 2.75) is 64.5 Å². The Kier molecular flexibility index (Phi) is 5.95. The van der Waals surface area contributed by atoms with Crippen molar-refractivity contribution in [3.63, 3.8) is 0 Å². The molecule has 1 atom stereocenters. The molecule has 21 heavy (non-hydrogen) atoms. The van der Waals surface area contributed by atoms with Crippen molar-refractivity contribution in [2.75, 3.05) is 11.9 Å². The molecule has 0 radical (unpaired) electrons. The standard InChI is InChI=1S/C18H29ClN2/c1-4-16(20)11-14-7-8-15(19)12-18(14)21(3)17-9-5-13(2)6-10-17/h7-8,12-13,16-17H,4-6,9-11,20H2,1-3H3. The molecule has 1 aliphatic rings. The van der Waals surface area contributed by atoms with Crippen molar-refractivity contribution >= 4 is 17.3 Å². The quantitative estimate of drug-likeness (QED) is 0.859. The van der Waals surface area contributed by atoms with Gasteiger partial charge in [-0.1, -0.05) is 31.5 Å². The maximum Gasteiger partial charge on any atom is 0.0426 e. The first-order valence-corrected chi connectivity index (χ1v) is 8.65. The topological polar surface area (TPSA) is 29.3 Å². The molecule has 0 aliphatic heterocycles. The first kappa shape index (κ1) is 16.6. The number of nitrogens with zero attached hydrogens (tertiary/aromatic N) is 1. The van der Waals surface area contributed by atoms with Gasteiger partial charge in [-0.15, -0.1) is 0 Å². The zero-order chi connectivity index (χ0) is 15.4. The summed E-state index contributed by atoms with van der Waals surface area (Å²) >= 11 is 6.24. The summed E-state index contributed by atoms with van der Waals surface area (Å²) in [5, 5.41) is 0.815. The van der Waals surface area contributed by atoms with Crippen LogP contribution in [0.4, 0.5) is 5.69 Å². The van der Waals surface area contributed by atoms with Crippen LogP contribution in [0.2, 0.25) is 5.02 Å². The third-order valence-electron chi connectivity index (χ3n) is 4.97. The van der Waals surface area contributed by atoms with E-state index in [2.05, 4.69) is 37.9 Å². The maximum atomic E-state index is 6.24. The second-order valence-electron chi connectivity index (χ2n) is 6.67. The molecule has 1 aromatic rings. The smallest absolute Gasteiger partial charge is 0.0426 e. The third kappa shape index (κ3) is 4.37. The minimum atomic E-state index is 0.227. The second kappa shape index (κ2) is 7.51. The molecule has 3 heteroatoms. The number of benzene rings is 1. The monoisotopic (exact) mass is 308 g/mol. The summed E-state index contributed by atoms with van der Waals surface area (Å²) < 4.78 is 0. The van der Waals surface area contributed by atoms with E-state index >= 15 is 0 Å². The van der Waals surface area contributed by atoms with Crippen LogP contribution in [-0.4, -0.2) is 19.1 Å². The van der Waals surface area contributed by atoms with E-state index in [1.807, 2.05) is 6.07 Å². The first-order valence-electron chi connectivity index (χ1n) is 8.28. The number of hydrogen-bond acceptors (Lipinski definition) is 2. The minimum absolute atomic E-state index is 0.227. The van der Waals surface area contributed by atoms with E-state index in [4.69, 9.17) is 17.3 Å². The maximum absolute atomic E-state index is 6.24. The van der Waals surface area contributed by atoms with Gasteiger partial charge in [0.1, 0.15) is 0 Å². The van der Waals surface area contributed by atoms with Gasteiger partial charge >= 0.3 is 0 Å². The number of anilines is 1. The first-order chi connectivity index (χ1) is 10.0. The number of rotatable bonds is 5. The van der Waals surface area contributed by atoms with Crippen molar-refractivity contribution < 1.29 is 0 Å². The molecule has 0 aromatic heterocycles. The molecule has 1 aromatic carbocycles. The SMILES string of the molecule is CCC(N)Cc1ccc(Cl)cc1N(C)C1CCC(C)CC1. The highest BCUT2D eigenvalue weighted by atomic mass is 35.5. The van der Waals surface area contributed by atoms with Gasteiger partial charge in [0.15, 0.2) is 0 Å². The predicted octanol–water partition coefficient (Wildman–Crippen LogP) is 4.63. The molecule has 0 bridgehead atoms. The molecule has 0 heterocycles. The Hall–Kier alpha value is -0.730. The molecule has 2 nitrogen and oxygen atoms in total. The summed E-state index contributed by atoms with van der Waals surface area (Å²) in [6.45, 7) is 4.51. The van der Waals surface area contributed by atoms with Crippen LogP contribution in [0, 0.1) is 5.92 Å². The normalized spacial score (nSPS) is 23.9. The molecular weight excluding hydrogens is 280 g/mol. The van der Waals surface area contributed by atoms with Gasteiger partial charge in [-0.25, -0.2) is 0 Å². The van der Waals surface area contributed by atoms with Gasteiger partial charge in [0.25, 0.3) is 0 Å². The average molecular weight is 309 g/mol. The van der Waals surface area contributed by atoms with E-state index in [1.54, 1.807) is 0 Å². The molecule has 1 saturated carbocycles. The van der Waals surface area contributed by atoms with Crippen LogP contribution in [0.25, 0.3) is 0 Å². The zero-order valence-electron chi connectivity index (χ0n) is 13.6. The van der Waals surface area contributed by atoms with Crippen LogP contribution in [0.15, 0.2) is 18.2 Å². The Balaban J connectivity index is 2.18. The Bertz CT molecular complexity index is 453. The van der Waals surface area contributed by atoms with Crippen molar-refractivity contribution in [1.82, 2.24) is 0 Å². The molecule has 0 saturated heterocycles. The lowest BCUT2D eigenvalue weighted by atomic mass is 9.86. The van der Waals surface area contributed by atoms with Gasteiger partial charge in [-0.3, -0.25) is 0 Å². The highest BCUT2D eigenvalue weighted by Gasteiger charge is 2.23. The van der Waals surface area contributed by atoms with E-state index in [0.29, 0.717) is 6.04 Å². The fraction of sp³-hybridized carbons (Fsp3) is 0.667. The summed E-state index contributed by atoms with van der Waals surface area (Å²) in [7, 11) is 2.22. The lowest BCUT2D eigenvalue weighted by molar-refractivity contribution is 0.340. The lowest BCUT2D eigenvalue weighted by Gasteiger charge is -2.36. The average Bonchev–Trinajstić information content (AvgIpc) is 2.49. The van der Waals surface area contributed by atoms with Gasteiger partial charge in [-0.2, -0.15) is 0 Å². The van der Waals surface area contributed by atoms with Crippen LogP contribution in [-0.2, 0) is 6.42 Å². The predicted molar refractivity (Wildman–Crippen MR) is 93.2 cm³/mol. The van der Waals surface area contributed by atoms with E-state index in [9.17, 15) is 0 Å². The van der Waals surface area contributed by atoms with Crippen LogP contribution >= 0.6 is 11.6 Å². The fourth-order valence-corrected chi connectivity index (χ4v) is 3.46. The van der Waals surface area contributed by atoms with Crippen molar-refractivity contribution in [3.05, 3.63) is 28.8 Å². The van der Waals surface area contributed by atoms with E-state index in [-0.39, 0.29) is 6.04 Å². The molecule has 1 unspecified atom stereocenters. The molecule has 118 valence electrons. The Morgan fingerprint density at radius 1 is 1.29 bits per heavy atom. The largest absolute Gasteiger partial charge is 0.371 e. The highest BCUT2D eigenvalue weighted by Crippen LogP contribution is 2.32. The van der Waals surface area contributed by atoms with Crippen LogP contribution < -0.4 is 10.6 Å². The van der Waals surface area contributed by atoms with Crippen LogP contribution in [0.3, 0.4) is 0 Å². The Morgan fingerprint density at radius 3 is 2.57 bits per heavy atom. The summed E-state index contributed by atoms with van der Waals surface area (Å²) in [6.07, 6.45) is 7.16. The number of nitrogens with two attached hydrogens (primary N) is 1. The van der Waals surface area contributed by atoms with E-state index in [1.165, 1.54) is 36.9 Å². The second-order valence-corrected chi connectivity index (χ2v) is 7.11. The summed E-state index contributed by atoms with van der Waals surface area (Å²) in [5.41, 5.74) is 8.76. The zero-order valence-corrected chi connectivity index (χ0v) is 14.4. The molecule has 1 aliphatic carbocycles. The number of halogens is 1.